The first-order valence-electron chi connectivity index (χ1n) is 11.6. The molecule has 0 amide bonds. The second-order valence-corrected chi connectivity index (χ2v) is 9.60. The number of fused-ring (bicyclic) bond motifs is 2. The van der Waals surface area contributed by atoms with Crippen LogP contribution in [0.3, 0.4) is 0 Å². The molecule has 0 saturated heterocycles. The van der Waals surface area contributed by atoms with Gasteiger partial charge in [0, 0.05) is 35.1 Å². The van der Waals surface area contributed by atoms with Gasteiger partial charge in [0.25, 0.3) is 0 Å². The lowest BCUT2D eigenvalue weighted by atomic mass is 9.98. The van der Waals surface area contributed by atoms with Gasteiger partial charge in [-0.2, -0.15) is 9.97 Å². The fourth-order valence-corrected chi connectivity index (χ4v) is 5.03. The standard InChI is InChI=1S/C26H32N4O2/c1-4-18-7-5-8-19-9-6-10-22(23(18)19)30-14-11-20-21(15-30)27-25(28-24(20)31)32-17-26(12-13-26)16-29(2)3/h5-10H,4,11-17H2,1-3H3,(H,27,28,31). The molecule has 3 aromatic rings. The Morgan fingerprint density at radius 3 is 2.62 bits per heavy atom. The van der Waals surface area contributed by atoms with Gasteiger partial charge in [-0.15, -0.1) is 0 Å². The van der Waals surface area contributed by atoms with Crippen LogP contribution in [0.25, 0.3) is 10.8 Å². The summed E-state index contributed by atoms with van der Waals surface area (Å²) in [5.74, 6) is 0.0641. The van der Waals surface area contributed by atoms with Crippen LogP contribution in [0.1, 0.15) is 36.6 Å². The van der Waals surface area contributed by atoms with Crippen molar-refractivity contribution in [1.82, 2.24) is 14.9 Å². The molecule has 5 rings (SSSR count). The molecule has 6 heteroatoms. The Labute approximate surface area is 189 Å². The van der Waals surface area contributed by atoms with Crippen molar-refractivity contribution >= 4 is 16.5 Å². The maximum Gasteiger partial charge on any atom is 0.320 e. The molecule has 0 bridgehead atoms. The van der Waals surface area contributed by atoms with Crippen LogP contribution in [0.2, 0.25) is 0 Å². The third-order valence-electron chi connectivity index (χ3n) is 6.83. The van der Waals surface area contributed by atoms with Crippen molar-refractivity contribution in [2.24, 2.45) is 5.41 Å². The molecule has 0 spiro atoms. The highest BCUT2D eigenvalue weighted by molar-refractivity contribution is 5.97. The van der Waals surface area contributed by atoms with Gasteiger partial charge in [-0.25, -0.2) is 0 Å². The molecule has 1 fully saturated rings. The molecule has 1 N–H and O–H groups in total. The zero-order valence-corrected chi connectivity index (χ0v) is 19.3. The summed E-state index contributed by atoms with van der Waals surface area (Å²) in [4.78, 5) is 13.6. The summed E-state index contributed by atoms with van der Waals surface area (Å²) in [5, 5.41) is 13.2. The third-order valence-corrected chi connectivity index (χ3v) is 6.83. The van der Waals surface area contributed by atoms with Crippen LogP contribution in [-0.4, -0.2) is 53.8 Å². The van der Waals surface area contributed by atoms with Crippen LogP contribution in [0, 0.1) is 5.41 Å². The fourth-order valence-electron chi connectivity index (χ4n) is 5.03. The largest absolute Gasteiger partial charge is 0.493 e. The molecule has 6 nitrogen and oxygen atoms in total. The van der Waals surface area contributed by atoms with Gasteiger partial charge in [-0.3, -0.25) is 0 Å². The van der Waals surface area contributed by atoms with E-state index in [1.807, 2.05) is 0 Å². The van der Waals surface area contributed by atoms with Crippen LogP contribution < -0.4 is 9.64 Å². The number of hydrogen-bond donors (Lipinski definition) is 1. The van der Waals surface area contributed by atoms with E-state index in [0.29, 0.717) is 19.2 Å². The van der Waals surface area contributed by atoms with Crippen molar-refractivity contribution in [1.29, 1.82) is 0 Å². The van der Waals surface area contributed by atoms with Crippen LogP contribution >= 0.6 is 0 Å². The number of anilines is 1. The Morgan fingerprint density at radius 1 is 1.12 bits per heavy atom. The summed E-state index contributed by atoms with van der Waals surface area (Å²) in [7, 11) is 4.18. The average molecular weight is 433 g/mol. The second kappa shape index (κ2) is 8.24. The molecule has 1 aliphatic carbocycles. The first-order valence-corrected chi connectivity index (χ1v) is 11.6. The normalized spacial score (nSPS) is 16.9. The van der Waals surface area contributed by atoms with E-state index in [9.17, 15) is 5.11 Å². The number of nitrogens with zero attached hydrogens (tertiary/aromatic N) is 4. The van der Waals surface area contributed by atoms with E-state index in [-0.39, 0.29) is 11.3 Å². The lowest BCUT2D eigenvalue weighted by molar-refractivity contribution is 0.181. The number of aryl methyl sites for hydroxylation is 1. The number of ether oxygens (including phenoxy) is 1. The van der Waals surface area contributed by atoms with Crippen molar-refractivity contribution in [2.75, 3.05) is 38.7 Å². The monoisotopic (exact) mass is 432 g/mol. The lowest BCUT2D eigenvalue weighted by Gasteiger charge is -2.31. The van der Waals surface area contributed by atoms with Gasteiger partial charge >= 0.3 is 6.01 Å². The quantitative estimate of drug-likeness (QED) is 0.604. The summed E-state index contributed by atoms with van der Waals surface area (Å²) >= 11 is 0. The van der Waals surface area contributed by atoms with Crippen molar-refractivity contribution in [2.45, 2.75) is 39.2 Å². The van der Waals surface area contributed by atoms with Crippen LogP contribution in [-0.2, 0) is 19.4 Å². The highest BCUT2D eigenvalue weighted by Gasteiger charge is 2.44. The molecule has 168 valence electrons. The number of aromatic nitrogens is 2. The van der Waals surface area contributed by atoms with Gasteiger partial charge in [0.05, 0.1) is 18.8 Å². The first-order chi connectivity index (χ1) is 15.5. The van der Waals surface area contributed by atoms with Crippen LogP contribution in [0.5, 0.6) is 11.9 Å². The number of hydrogen-bond acceptors (Lipinski definition) is 6. The minimum Gasteiger partial charge on any atom is -0.493 e. The van der Waals surface area contributed by atoms with Gasteiger partial charge in [0.2, 0.25) is 5.88 Å². The Balaban J connectivity index is 1.41. The summed E-state index contributed by atoms with van der Waals surface area (Å²) < 4.78 is 6.00. The van der Waals surface area contributed by atoms with E-state index in [0.717, 1.165) is 50.0 Å². The second-order valence-electron chi connectivity index (χ2n) is 9.60. The predicted octanol–water partition coefficient (Wildman–Crippen LogP) is 4.18. The highest BCUT2D eigenvalue weighted by atomic mass is 16.5. The Bertz CT molecular complexity index is 1130. The van der Waals surface area contributed by atoms with Crippen LogP contribution in [0.4, 0.5) is 5.69 Å². The molecule has 0 unspecified atom stereocenters. The highest BCUT2D eigenvalue weighted by Crippen LogP contribution is 2.46. The molecule has 1 aromatic heterocycles. The van der Waals surface area contributed by atoms with E-state index < -0.39 is 0 Å². The summed E-state index contributed by atoms with van der Waals surface area (Å²) in [5.41, 5.74) is 4.49. The van der Waals surface area contributed by atoms with E-state index in [1.165, 1.54) is 22.0 Å². The van der Waals surface area contributed by atoms with Crippen molar-refractivity contribution < 1.29 is 9.84 Å². The third kappa shape index (κ3) is 3.99. The molecule has 1 saturated carbocycles. The summed E-state index contributed by atoms with van der Waals surface area (Å²) in [6, 6.07) is 13.3. The van der Waals surface area contributed by atoms with E-state index >= 15 is 0 Å². The van der Waals surface area contributed by atoms with Gasteiger partial charge < -0.3 is 19.6 Å². The molecule has 2 heterocycles. The summed E-state index contributed by atoms with van der Waals surface area (Å²) in [6.07, 6.45) is 4.04. The van der Waals surface area contributed by atoms with E-state index in [1.54, 1.807) is 0 Å². The molecule has 32 heavy (non-hydrogen) atoms. The fraction of sp³-hybridized carbons (Fsp3) is 0.462. The van der Waals surface area contributed by atoms with Gasteiger partial charge in [-0.1, -0.05) is 37.3 Å². The Hall–Kier alpha value is -2.86. The van der Waals surface area contributed by atoms with Gasteiger partial charge in [-0.05, 0) is 56.8 Å². The molecule has 0 atom stereocenters. The molecule has 0 radical (unpaired) electrons. The molecule has 2 aliphatic rings. The Morgan fingerprint density at radius 2 is 1.91 bits per heavy atom. The van der Waals surface area contributed by atoms with Gasteiger partial charge in [0.15, 0.2) is 0 Å². The van der Waals surface area contributed by atoms with E-state index in [2.05, 4.69) is 72.2 Å². The maximum absolute atomic E-state index is 10.6. The van der Waals surface area contributed by atoms with Crippen molar-refractivity contribution in [3.8, 4) is 11.9 Å². The zero-order chi connectivity index (χ0) is 22.3. The van der Waals surface area contributed by atoms with Crippen molar-refractivity contribution in [3.05, 3.63) is 53.2 Å². The van der Waals surface area contributed by atoms with Crippen LogP contribution in [0.15, 0.2) is 36.4 Å². The van der Waals surface area contributed by atoms with Crippen molar-refractivity contribution in [3.63, 3.8) is 0 Å². The van der Waals surface area contributed by atoms with E-state index in [4.69, 9.17) is 9.72 Å². The topological polar surface area (TPSA) is 61.7 Å². The smallest absolute Gasteiger partial charge is 0.320 e. The number of aromatic hydroxyl groups is 1. The minimum atomic E-state index is 0.0641. The predicted molar refractivity (Wildman–Crippen MR) is 127 cm³/mol. The first kappa shape index (κ1) is 21.0. The number of rotatable bonds is 7. The Kier molecular flexibility index (Phi) is 5.41. The molecule has 1 aliphatic heterocycles. The SMILES string of the molecule is CCc1cccc2cccc(N3CCc4c(O)nc(OCC5(CN(C)C)CC5)nc4C3)c12. The summed E-state index contributed by atoms with van der Waals surface area (Å²) in [6.45, 7) is 5.26. The minimum absolute atomic E-state index is 0.0641. The lowest BCUT2D eigenvalue weighted by Crippen LogP contribution is -2.32. The molecule has 2 aromatic carbocycles. The number of benzene rings is 2. The molecular weight excluding hydrogens is 400 g/mol. The molecular formula is C26H32N4O2. The maximum atomic E-state index is 10.6. The zero-order valence-electron chi connectivity index (χ0n) is 19.3. The average Bonchev–Trinajstić information content (AvgIpc) is 3.55. The van der Waals surface area contributed by atoms with Gasteiger partial charge in [0.1, 0.15) is 0 Å².